The number of hydrogen-bond donors (Lipinski definition) is 0. The molecule has 2 heterocycles. The molecule has 1 aliphatic rings. The van der Waals surface area contributed by atoms with Crippen LogP contribution in [0.1, 0.15) is 23.6 Å². The molecule has 1 saturated heterocycles. The van der Waals surface area contributed by atoms with Crippen LogP contribution in [0, 0.1) is 0 Å². The number of nitrogens with zero attached hydrogens (tertiary/aromatic N) is 3. The molecule has 0 amide bonds. The molecule has 1 atom stereocenters. The predicted octanol–water partition coefficient (Wildman–Crippen LogP) is 2.91. The number of anilines is 1. The molecule has 28 heavy (non-hydrogen) atoms. The first-order valence-corrected chi connectivity index (χ1v) is 10.5. The van der Waals surface area contributed by atoms with Gasteiger partial charge >= 0.3 is 6.18 Å². The van der Waals surface area contributed by atoms with E-state index in [2.05, 4.69) is 5.10 Å². The Balaban J connectivity index is 1.80. The van der Waals surface area contributed by atoms with Crippen LogP contribution < -0.4 is 10.5 Å². The second kappa shape index (κ2) is 7.40. The maximum atomic E-state index is 12.6. The second-order valence-corrected chi connectivity index (χ2v) is 9.31. The highest BCUT2D eigenvalue weighted by Gasteiger charge is 2.32. The minimum absolute atomic E-state index is 0.00101. The summed E-state index contributed by atoms with van der Waals surface area (Å²) in [7, 11) is -1.56. The predicted molar refractivity (Wildman–Crippen MR) is 99.4 cm³/mol. The zero-order chi connectivity index (χ0) is 20.7. The number of rotatable bonds is 4. The van der Waals surface area contributed by atoms with Crippen molar-refractivity contribution in [2.45, 2.75) is 25.2 Å². The molecule has 0 spiro atoms. The number of halogens is 4. The average molecular weight is 436 g/mol. The molecule has 6 nitrogen and oxygen atoms in total. The first-order chi connectivity index (χ1) is 13.0. The van der Waals surface area contributed by atoms with Gasteiger partial charge in [0, 0.05) is 13.6 Å². The highest BCUT2D eigenvalue weighted by Crippen LogP contribution is 2.30. The van der Waals surface area contributed by atoms with Gasteiger partial charge in [-0.15, -0.1) is 0 Å². The van der Waals surface area contributed by atoms with Gasteiger partial charge in [-0.1, -0.05) is 23.7 Å². The van der Waals surface area contributed by atoms with Crippen molar-refractivity contribution in [1.29, 1.82) is 0 Å². The largest absolute Gasteiger partial charge is 0.416 e. The summed E-state index contributed by atoms with van der Waals surface area (Å²) < 4.78 is 62.3. The fourth-order valence-corrected chi connectivity index (χ4v) is 5.06. The quantitative estimate of drug-likeness (QED) is 0.738. The number of aromatic nitrogens is 2. The Bertz CT molecular complexity index is 1040. The summed E-state index contributed by atoms with van der Waals surface area (Å²) >= 11 is 6.18. The van der Waals surface area contributed by atoms with Gasteiger partial charge in [-0.25, -0.2) is 13.1 Å². The first kappa shape index (κ1) is 20.7. The molecule has 1 fully saturated rings. The number of hydrogen-bond acceptors (Lipinski definition) is 5. The molecule has 1 aromatic heterocycles. The summed E-state index contributed by atoms with van der Waals surface area (Å²) in [5.41, 5.74) is -0.436. The van der Waals surface area contributed by atoms with Gasteiger partial charge in [0.1, 0.15) is 5.02 Å². The molecule has 0 saturated carbocycles. The SMILES string of the molecule is CN(Cc1ccc(C(F)(F)F)cc1)c1cnn([C@H]2CCS(=O)(=O)C2)c(=O)c1Cl. The van der Waals surface area contributed by atoms with E-state index in [1.807, 2.05) is 0 Å². The molecule has 1 aliphatic heterocycles. The molecule has 0 unspecified atom stereocenters. The van der Waals surface area contributed by atoms with Crippen molar-refractivity contribution in [3.63, 3.8) is 0 Å². The Morgan fingerprint density at radius 1 is 1.29 bits per heavy atom. The van der Waals surface area contributed by atoms with Gasteiger partial charge in [-0.2, -0.15) is 18.3 Å². The molecule has 3 rings (SSSR count). The van der Waals surface area contributed by atoms with E-state index in [-0.39, 0.29) is 23.1 Å². The molecule has 1 aromatic carbocycles. The lowest BCUT2D eigenvalue weighted by molar-refractivity contribution is -0.137. The third kappa shape index (κ3) is 4.33. The van der Waals surface area contributed by atoms with Gasteiger partial charge in [0.2, 0.25) is 0 Å². The van der Waals surface area contributed by atoms with Crippen LogP contribution >= 0.6 is 11.6 Å². The Labute approximate surface area is 164 Å². The maximum Gasteiger partial charge on any atom is 0.416 e. The molecule has 152 valence electrons. The van der Waals surface area contributed by atoms with E-state index in [1.165, 1.54) is 18.3 Å². The number of alkyl halides is 3. The van der Waals surface area contributed by atoms with E-state index >= 15 is 0 Å². The van der Waals surface area contributed by atoms with Crippen molar-refractivity contribution in [2.75, 3.05) is 23.5 Å². The summed E-state index contributed by atoms with van der Waals surface area (Å²) in [5.74, 6) is -0.157. The molecule has 0 bridgehead atoms. The standard InChI is InChI=1S/C17H17ClF3N3O3S/c1-23(9-11-2-4-12(5-3-11)17(19,20)21)14-8-22-24(16(25)15(14)18)13-6-7-28(26,27)10-13/h2-5,8,13H,6-7,9-10H2,1H3/t13-/m0/s1. The van der Waals surface area contributed by atoms with E-state index in [9.17, 15) is 26.4 Å². The van der Waals surface area contributed by atoms with Crippen LogP contribution in [-0.2, 0) is 22.6 Å². The first-order valence-electron chi connectivity index (χ1n) is 8.33. The van der Waals surface area contributed by atoms with Crippen LogP contribution in [0.4, 0.5) is 18.9 Å². The van der Waals surface area contributed by atoms with Gasteiger partial charge in [0.15, 0.2) is 9.84 Å². The minimum Gasteiger partial charge on any atom is -0.368 e. The topological polar surface area (TPSA) is 72.3 Å². The van der Waals surface area contributed by atoms with Crippen LogP contribution in [-0.4, -0.2) is 36.8 Å². The lowest BCUT2D eigenvalue weighted by atomic mass is 10.1. The lowest BCUT2D eigenvalue weighted by Gasteiger charge is -2.21. The van der Waals surface area contributed by atoms with Gasteiger partial charge in [0.25, 0.3) is 5.56 Å². The highest BCUT2D eigenvalue weighted by atomic mass is 35.5. The Kier molecular flexibility index (Phi) is 5.46. The van der Waals surface area contributed by atoms with E-state index in [0.29, 0.717) is 17.7 Å². The lowest BCUT2D eigenvalue weighted by Crippen LogP contribution is -2.30. The monoisotopic (exact) mass is 435 g/mol. The summed E-state index contributed by atoms with van der Waals surface area (Å²) in [5, 5.41) is 3.94. The van der Waals surface area contributed by atoms with Crippen LogP contribution in [0.3, 0.4) is 0 Å². The van der Waals surface area contributed by atoms with Crippen molar-refractivity contribution in [1.82, 2.24) is 9.78 Å². The minimum atomic E-state index is -4.41. The molecule has 11 heteroatoms. The van der Waals surface area contributed by atoms with Crippen LogP contribution in [0.25, 0.3) is 0 Å². The number of benzene rings is 1. The fourth-order valence-electron chi connectivity index (χ4n) is 3.09. The Morgan fingerprint density at radius 2 is 1.93 bits per heavy atom. The summed E-state index contributed by atoms with van der Waals surface area (Å²) in [6.07, 6.45) is -2.75. The number of sulfone groups is 1. The molecule has 0 aliphatic carbocycles. The summed E-state index contributed by atoms with van der Waals surface area (Å²) in [4.78, 5) is 14.1. The van der Waals surface area contributed by atoms with Crippen LogP contribution in [0.5, 0.6) is 0 Å². The molecule has 0 N–H and O–H groups in total. The van der Waals surface area contributed by atoms with Crippen molar-refractivity contribution in [2.24, 2.45) is 0 Å². The highest BCUT2D eigenvalue weighted by molar-refractivity contribution is 7.91. The van der Waals surface area contributed by atoms with Crippen molar-refractivity contribution < 1.29 is 21.6 Å². The van der Waals surface area contributed by atoms with Crippen LogP contribution in [0.2, 0.25) is 5.02 Å². The Morgan fingerprint density at radius 3 is 2.46 bits per heavy atom. The Hall–Kier alpha value is -2.07. The van der Waals surface area contributed by atoms with Crippen LogP contribution in [0.15, 0.2) is 35.3 Å². The molecular weight excluding hydrogens is 419 g/mol. The van der Waals surface area contributed by atoms with Crippen molar-refractivity contribution in [3.05, 3.63) is 57.0 Å². The van der Waals surface area contributed by atoms with E-state index in [0.717, 1.165) is 16.8 Å². The third-order valence-corrected chi connectivity index (χ3v) is 6.70. The van der Waals surface area contributed by atoms with Gasteiger partial charge < -0.3 is 4.90 Å². The van der Waals surface area contributed by atoms with E-state index in [4.69, 9.17) is 11.6 Å². The molecule has 0 radical (unpaired) electrons. The second-order valence-electron chi connectivity index (χ2n) is 6.70. The normalized spacial score (nSPS) is 19.0. The average Bonchev–Trinajstić information content (AvgIpc) is 2.96. The zero-order valence-electron chi connectivity index (χ0n) is 14.8. The zero-order valence-corrected chi connectivity index (χ0v) is 16.4. The summed E-state index contributed by atoms with van der Waals surface area (Å²) in [6.45, 7) is 0.209. The summed E-state index contributed by atoms with van der Waals surface area (Å²) in [6, 6.07) is 4.13. The maximum absolute atomic E-state index is 12.6. The van der Waals surface area contributed by atoms with E-state index < -0.39 is 33.2 Å². The fraction of sp³-hybridized carbons (Fsp3) is 0.412. The van der Waals surface area contributed by atoms with Gasteiger partial charge in [0.05, 0.1) is 35.0 Å². The van der Waals surface area contributed by atoms with Gasteiger partial charge in [-0.05, 0) is 24.1 Å². The van der Waals surface area contributed by atoms with E-state index in [1.54, 1.807) is 11.9 Å². The molecule has 2 aromatic rings. The third-order valence-electron chi connectivity index (χ3n) is 4.59. The van der Waals surface area contributed by atoms with Crippen molar-refractivity contribution in [3.8, 4) is 0 Å². The smallest absolute Gasteiger partial charge is 0.368 e. The van der Waals surface area contributed by atoms with Gasteiger partial charge in [-0.3, -0.25) is 4.79 Å². The van der Waals surface area contributed by atoms with Crippen molar-refractivity contribution >= 4 is 27.1 Å². The molecular formula is C17H17ClF3N3O3S.